The maximum absolute atomic E-state index is 11.9. The van der Waals surface area contributed by atoms with Gasteiger partial charge in [0, 0.05) is 5.69 Å². The molecule has 1 aromatic rings. The van der Waals surface area contributed by atoms with Gasteiger partial charge in [-0.1, -0.05) is 19.9 Å². The second-order valence-electron chi connectivity index (χ2n) is 4.95. The first kappa shape index (κ1) is 19.9. The van der Waals surface area contributed by atoms with E-state index in [0.29, 0.717) is 11.3 Å². The van der Waals surface area contributed by atoms with E-state index >= 15 is 0 Å². The fraction of sp³-hybridized carbons (Fsp3) is 0.462. The largest absolute Gasteiger partial charge is 0.325 e. The molecule has 0 aromatic heterocycles. The molecule has 0 aliphatic heterocycles. The number of halogens is 1. The van der Waals surface area contributed by atoms with Gasteiger partial charge in [-0.15, -0.1) is 12.4 Å². The third-order valence-electron chi connectivity index (χ3n) is 3.03. The van der Waals surface area contributed by atoms with Gasteiger partial charge < -0.3 is 11.1 Å². The van der Waals surface area contributed by atoms with E-state index in [0.717, 1.165) is 0 Å². The molecule has 0 saturated carbocycles. The minimum absolute atomic E-state index is 0. The molecule has 0 fully saturated rings. The molecule has 0 aliphatic rings. The van der Waals surface area contributed by atoms with Crippen LogP contribution < -0.4 is 15.8 Å². The van der Waals surface area contributed by atoms with Gasteiger partial charge in [0.05, 0.1) is 10.9 Å². The molecule has 8 heteroatoms. The normalized spacial score (nSPS) is 12.7. The summed E-state index contributed by atoms with van der Waals surface area (Å²) in [6, 6.07) is 4.07. The lowest BCUT2D eigenvalue weighted by atomic mass is 10.0. The first-order valence-electron chi connectivity index (χ1n) is 6.29. The fourth-order valence-electron chi connectivity index (χ4n) is 1.61. The SMILES string of the molecule is CNS(=O)(=O)c1cc(NC(=O)C(N)C(C)C)ccc1C.Cl. The molecule has 0 saturated heterocycles. The van der Waals surface area contributed by atoms with Crippen LogP contribution in [0.25, 0.3) is 0 Å². The van der Waals surface area contributed by atoms with Crippen LogP contribution in [-0.4, -0.2) is 27.4 Å². The third kappa shape index (κ3) is 4.96. The summed E-state index contributed by atoms with van der Waals surface area (Å²) in [5.41, 5.74) is 6.76. The molecular weight excluding hydrogens is 314 g/mol. The Hall–Kier alpha value is -1.15. The van der Waals surface area contributed by atoms with Crippen molar-refractivity contribution in [1.82, 2.24) is 4.72 Å². The first-order chi connectivity index (χ1) is 9.19. The van der Waals surface area contributed by atoms with Gasteiger partial charge in [0.15, 0.2) is 0 Å². The first-order valence-corrected chi connectivity index (χ1v) is 7.78. The number of anilines is 1. The Morgan fingerprint density at radius 1 is 1.29 bits per heavy atom. The number of carbonyl (C=O) groups is 1. The van der Waals surface area contributed by atoms with Crippen LogP contribution in [0.2, 0.25) is 0 Å². The van der Waals surface area contributed by atoms with Gasteiger partial charge in [0.2, 0.25) is 15.9 Å². The molecular formula is C13H22ClN3O3S. The predicted octanol–water partition coefficient (Wildman–Crippen LogP) is 1.25. The number of nitrogens with two attached hydrogens (primary N) is 1. The van der Waals surface area contributed by atoms with Crippen molar-refractivity contribution < 1.29 is 13.2 Å². The van der Waals surface area contributed by atoms with Gasteiger partial charge in [-0.2, -0.15) is 0 Å². The summed E-state index contributed by atoms with van der Waals surface area (Å²) in [7, 11) is -2.21. The summed E-state index contributed by atoms with van der Waals surface area (Å²) < 4.78 is 26.0. The molecule has 0 aliphatic carbocycles. The van der Waals surface area contributed by atoms with E-state index in [1.807, 2.05) is 13.8 Å². The van der Waals surface area contributed by atoms with Crippen molar-refractivity contribution in [2.75, 3.05) is 12.4 Å². The number of amides is 1. The van der Waals surface area contributed by atoms with Crippen LogP contribution in [0.15, 0.2) is 23.1 Å². The van der Waals surface area contributed by atoms with Gasteiger partial charge >= 0.3 is 0 Å². The zero-order valence-electron chi connectivity index (χ0n) is 12.5. The van der Waals surface area contributed by atoms with Crippen LogP contribution in [0.4, 0.5) is 5.69 Å². The molecule has 21 heavy (non-hydrogen) atoms. The second kappa shape index (κ2) is 7.74. The average molecular weight is 336 g/mol. The zero-order chi connectivity index (χ0) is 15.5. The van der Waals surface area contributed by atoms with Crippen molar-refractivity contribution in [3.8, 4) is 0 Å². The highest BCUT2D eigenvalue weighted by Gasteiger charge is 2.19. The van der Waals surface area contributed by atoms with Gasteiger partial charge in [-0.3, -0.25) is 4.79 Å². The van der Waals surface area contributed by atoms with Crippen molar-refractivity contribution in [3.05, 3.63) is 23.8 Å². The maximum atomic E-state index is 11.9. The molecule has 1 rings (SSSR count). The topological polar surface area (TPSA) is 101 Å². The Morgan fingerprint density at radius 3 is 2.33 bits per heavy atom. The molecule has 120 valence electrons. The monoisotopic (exact) mass is 335 g/mol. The molecule has 1 aromatic carbocycles. The number of rotatable bonds is 5. The molecule has 6 nitrogen and oxygen atoms in total. The lowest BCUT2D eigenvalue weighted by Gasteiger charge is -2.16. The average Bonchev–Trinajstić information content (AvgIpc) is 2.39. The minimum atomic E-state index is -3.56. The highest BCUT2D eigenvalue weighted by atomic mass is 35.5. The predicted molar refractivity (Wildman–Crippen MR) is 86.1 cm³/mol. The zero-order valence-corrected chi connectivity index (χ0v) is 14.1. The number of carbonyl (C=O) groups excluding carboxylic acids is 1. The van der Waals surface area contributed by atoms with Gasteiger partial charge in [-0.05, 0) is 37.6 Å². The second-order valence-corrected chi connectivity index (χ2v) is 6.80. The van der Waals surface area contributed by atoms with Crippen LogP contribution in [-0.2, 0) is 14.8 Å². The van der Waals surface area contributed by atoms with Crippen LogP contribution >= 0.6 is 12.4 Å². The van der Waals surface area contributed by atoms with Crippen LogP contribution in [0, 0.1) is 12.8 Å². The van der Waals surface area contributed by atoms with Gasteiger partial charge in [-0.25, -0.2) is 13.1 Å². The number of sulfonamides is 1. The van der Waals surface area contributed by atoms with Crippen molar-refractivity contribution in [3.63, 3.8) is 0 Å². The lowest BCUT2D eigenvalue weighted by molar-refractivity contribution is -0.118. The Balaban J connectivity index is 0.00000400. The fourth-order valence-corrected chi connectivity index (χ4v) is 2.60. The standard InChI is InChI=1S/C13H21N3O3S.ClH/c1-8(2)12(14)13(17)16-10-6-5-9(3)11(7-10)20(18,19)15-4;/h5-8,12,15H,14H2,1-4H3,(H,16,17);1H. The quantitative estimate of drug-likeness (QED) is 0.753. The summed E-state index contributed by atoms with van der Waals surface area (Å²) in [4.78, 5) is 12.0. The van der Waals surface area contributed by atoms with Gasteiger partial charge in [0.25, 0.3) is 0 Å². The van der Waals surface area contributed by atoms with Gasteiger partial charge in [0.1, 0.15) is 0 Å². The molecule has 1 atom stereocenters. The highest BCUT2D eigenvalue weighted by Crippen LogP contribution is 2.20. The third-order valence-corrected chi connectivity index (χ3v) is 4.59. The van der Waals surface area contributed by atoms with E-state index in [2.05, 4.69) is 10.0 Å². The van der Waals surface area contributed by atoms with E-state index in [-0.39, 0.29) is 29.1 Å². The lowest BCUT2D eigenvalue weighted by Crippen LogP contribution is -2.39. The maximum Gasteiger partial charge on any atom is 0.241 e. The number of aryl methyl sites for hydroxylation is 1. The molecule has 0 radical (unpaired) electrons. The Kier molecular flexibility index (Phi) is 7.32. The van der Waals surface area contributed by atoms with Crippen LogP contribution in [0.1, 0.15) is 19.4 Å². The van der Waals surface area contributed by atoms with E-state index in [1.54, 1.807) is 19.1 Å². The van der Waals surface area contributed by atoms with Crippen molar-refractivity contribution in [1.29, 1.82) is 0 Å². The van der Waals surface area contributed by atoms with E-state index < -0.39 is 16.1 Å². The number of benzene rings is 1. The molecule has 4 N–H and O–H groups in total. The van der Waals surface area contributed by atoms with Crippen molar-refractivity contribution in [2.45, 2.75) is 31.7 Å². The number of hydrogen-bond acceptors (Lipinski definition) is 4. The Bertz CT molecular complexity index is 603. The van der Waals surface area contributed by atoms with Crippen LogP contribution in [0.5, 0.6) is 0 Å². The summed E-state index contributed by atoms with van der Waals surface area (Å²) in [6.07, 6.45) is 0. The molecule has 0 spiro atoms. The number of hydrogen-bond donors (Lipinski definition) is 3. The van der Waals surface area contributed by atoms with E-state index in [4.69, 9.17) is 5.73 Å². The summed E-state index contributed by atoms with van der Waals surface area (Å²) in [6.45, 7) is 5.38. The molecule has 1 unspecified atom stereocenters. The Labute approximate surface area is 132 Å². The summed E-state index contributed by atoms with van der Waals surface area (Å²) in [5.74, 6) is -0.336. The van der Waals surface area contributed by atoms with E-state index in [9.17, 15) is 13.2 Å². The highest BCUT2D eigenvalue weighted by molar-refractivity contribution is 7.89. The summed E-state index contributed by atoms with van der Waals surface area (Å²) >= 11 is 0. The molecule has 1 amide bonds. The smallest absolute Gasteiger partial charge is 0.241 e. The Morgan fingerprint density at radius 2 is 1.86 bits per heavy atom. The number of nitrogens with one attached hydrogen (secondary N) is 2. The van der Waals surface area contributed by atoms with E-state index in [1.165, 1.54) is 13.1 Å². The minimum Gasteiger partial charge on any atom is -0.325 e. The van der Waals surface area contributed by atoms with Crippen LogP contribution in [0.3, 0.4) is 0 Å². The van der Waals surface area contributed by atoms with Crippen molar-refractivity contribution in [2.24, 2.45) is 11.7 Å². The summed E-state index contributed by atoms with van der Waals surface area (Å²) in [5, 5.41) is 2.63. The van der Waals surface area contributed by atoms with Crippen molar-refractivity contribution >= 4 is 34.0 Å². The molecule has 0 heterocycles. The molecule has 0 bridgehead atoms.